The summed E-state index contributed by atoms with van der Waals surface area (Å²) in [6.45, 7) is 0.711. The molecule has 1 amide bonds. The Morgan fingerprint density at radius 3 is 2.50 bits per heavy atom. The molecule has 0 saturated heterocycles. The second-order valence-corrected chi connectivity index (χ2v) is 6.14. The van der Waals surface area contributed by atoms with Gasteiger partial charge in [-0.05, 0) is 43.4 Å². The Hall–Kier alpha value is -2.40. The van der Waals surface area contributed by atoms with Crippen LogP contribution in [0.25, 0.3) is 11.3 Å². The van der Waals surface area contributed by atoms with Crippen molar-refractivity contribution in [1.29, 1.82) is 0 Å². The van der Waals surface area contributed by atoms with Crippen LogP contribution in [0.3, 0.4) is 0 Å². The molecule has 3 rings (SSSR count). The first-order valence-electron chi connectivity index (χ1n) is 8.41. The van der Waals surface area contributed by atoms with Crippen LogP contribution in [0.4, 0.5) is 0 Å². The number of nitrogens with zero attached hydrogens (tertiary/aromatic N) is 1. The normalized spacial score (nSPS) is 13.7. The Balaban J connectivity index is 1.80. The molecule has 0 unspecified atom stereocenters. The molecule has 0 atom stereocenters. The molecule has 0 aliphatic heterocycles. The number of carbonyl (C=O) groups is 1. The van der Waals surface area contributed by atoms with Gasteiger partial charge in [0.15, 0.2) is 0 Å². The van der Waals surface area contributed by atoms with Crippen molar-refractivity contribution in [2.24, 2.45) is 0 Å². The summed E-state index contributed by atoms with van der Waals surface area (Å²) >= 11 is 0. The first kappa shape index (κ1) is 16.5. The number of aliphatic hydroxyl groups excluding tert-OH is 1. The largest absolute Gasteiger partial charge is 0.396 e. The number of aromatic amines is 1. The topological polar surface area (TPSA) is 73.4 Å². The number of rotatable bonds is 7. The van der Waals surface area contributed by atoms with E-state index in [9.17, 15) is 9.59 Å². The molecular weight excluding hydrogens is 304 g/mol. The minimum absolute atomic E-state index is 0.124. The summed E-state index contributed by atoms with van der Waals surface area (Å²) in [7, 11) is 0. The average molecular weight is 326 g/mol. The molecule has 5 nitrogen and oxygen atoms in total. The molecule has 5 heteroatoms. The number of aliphatic hydroxyl groups is 1. The zero-order valence-electron chi connectivity index (χ0n) is 13.6. The molecule has 1 aromatic heterocycles. The number of nitrogens with one attached hydrogen (secondary N) is 1. The minimum Gasteiger partial charge on any atom is -0.396 e. The molecule has 1 aliphatic rings. The Morgan fingerprint density at radius 2 is 1.88 bits per heavy atom. The van der Waals surface area contributed by atoms with Gasteiger partial charge >= 0.3 is 0 Å². The van der Waals surface area contributed by atoms with E-state index in [0.29, 0.717) is 18.7 Å². The predicted molar refractivity (Wildman–Crippen MR) is 92.9 cm³/mol. The first-order chi connectivity index (χ1) is 11.7. The van der Waals surface area contributed by atoms with Gasteiger partial charge in [-0.15, -0.1) is 0 Å². The SMILES string of the molecule is O=C(c1ccc(-c2ccccc2)[nH]c1=O)N(CCCCO)C1CC1. The van der Waals surface area contributed by atoms with Gasteiger partial charge in [-0.25, -0.2) is 0 Å². The van der Waals surface area contributed by atoms with Crippen molar-refractivity contribution in [1.82, 2.24) is 9.88 Å². The van der Waals surface area contributed by atoms with Crippen LogP contribution < -0.4 is 5.56 Å². The number of H-pyrrole nitrogens is 1. The molecule has 1 aromatic carbocycles. The van der Waals surface area contributed by atoms with Crippen molar-refractivity contribution in [3.05, 3.63) is 58.4 Å². The van der Waals surface area contributed by atoms with Gasteiger partial charge < -0.3 is 15.0 Å². The van der Waals surface area contributed by atoms with Crippen molar-refractivity contribution in [2.45, 2.75) is 31.7 Å². The maximum absolute atomic E-state index is 12.7. The molecule has 2 aromatic rings. The van der Waals surface area contributed by atoms with Crippen LogP contribution in [0.5, 0.6) is 0 Å². The predicted octanol–water partition coefficient (Wildman–Crippen LogP) is 2.42. The van der Waals surface area contributed by atoms with Gasteiger partial charge in [-0.1, -0.05) is 30.3 Å². The summed E-state index contributed by atoms with van der Waals surface area (Å²) in [6.07, 6.45) is 3.40. The van der Waals surface area contributed by atoms with Crippen molar-refractivity contribution in [3.63, 3.8) is 0 Å². The average Bonchev–Trinajstić information content (AvgIpc) is 3.44. The molecule has 1 aliphatic carbocycles. The van der Waals surface area contributed by atoms with E-state index in [-0.39, 0.29) is 29.7 Å². The Kier molecular flexibility index (Phi) is 5.11. The highest BCUT2D eigenvalue weighted by molar-refractivity contribution is 5.94. The third-order valence-electron chi connectivity index (χ3n) is 4.28. The highest BCUT2D eigenvalue weighted by atomic mass is 16.3. The van der Waals surface area contributed by atoms with Crippen LogP contribution in [-0.2, 0) is 0 Å². The van der Waals surface area contributed by atoms with E-state index in [1.165, 1.54) is 0 Å². The monoisotopic (exact) mass is 326 g/mol. The summed E-state index contributed by atoms with van der Waals surface area (Å²) in [5, 5.41) is 8.91. The number of hydrogen-bond donors (Lipinski definition) is 2. The van der Waals surface area contributed by atoms with Gasteiger partial charge in [0, 0.05) is 24.9 Å². The molecule has 126 valence electrons. The summed E-state index contributed by atoms with van der Waals surface area (Å²) in [5.74, 6) is -0.212. The van der Waals surface area contributed by atoms with Crippen LogP contribution in [0.1, 0.15) is 36.0 Å². The Bertz CT molecular complexity index is 751. The van der Waals surface area contributed by atoms with Gasteiger partial charge in [0.05, 0.1) is 0 Å². The van der Waals surface area contributed by atoms with Crippen LogP contribution in [-0.4, -0.2) is 40.1 Å². The van der Waals surface area contributed by atoms with Crippen LogP contribution in [0, 0.1) is 0 Å². The van der Waals surface area contributed by atoms with Gasteiger partial charge in [0.25, 0.3) is 11.5 Å². The van der Waals surface area contributed by atoms with Gasteiger partial charge in [-0.3, -0.25) is 9.59 Å². The zero-order valence-corrected chi connectivity index (χ0v) is 13.6. The lowest BCUT2D eigenvalue weighted by atomic mass is 10.1. The summed E-state index contributed by atoms with van der Waals surface area (Å²) < 4.78 is 0. The highest BCUT2D eigenvalue weighted by Gasteiger charge is 2.33. The molecule has 1 fully saturated rings. The number of unbranched alkanes of at least 4 members (excludes halogenated alkanes) is 1. The Morgan fingerprint density at radius 1 is 1.12 bits per heavy atom. The van der Waals surface area contributed by atoms with Crippen molar-refractivity contribution >= 4 is 5.91 Å². The van der Waals surface area contributed by atoms with E-state index < -0.39 is 0 Å². The smallest absolute Gasteiger partial charge is 0.261 e. The second kappa shape index (κ2) is 7.45. The molecule has 1 saturated carbocycles. The molecule has 0 bridgehead atoms. The summed E-state index contributed by atoms with van der Waals surface area (Å²) in [6, 6.07) is 13.2. The Labute approximate surface area is 140 Å². The standard InChI is InChI=1S/C19H22N2O3/c22-13-5-4-12-21(15-8-9-15)19(24)16-10-11-17(20-18(16)23)14-6-2-1-3-7-14/h1-3,6-7,10-11,15,22H,4-5,8-9,12-13H2,(H,20,23). The van der Waals surface area contributed by atoms with Crippen molar-refractivity contribution in [3.8, 4) is 11.3 Å². The summed E-state index contributed by atoms with van der Waals surface area (Å²) in [4.78, 5) is 29.7. The second-order valence-electron chi connectivity index (χ2n) is 6.14. The van der Waals surface area contributed by atoms with Crippen molar-refractivity contribution in [2.75, 3.05) is 13.2 Å². The number of carbonyl (C=O) groups excluding carboxylic acids is 1. The number of benzene rings is 1. The number of pyridine rings is 1. The van der Waals surface area contributed by atoms with Gasteiger partial charge in [-0.2, -0.15) is 0 Å². The fraction of sp³-hybridized carbons (Fsp3) is 0.368. The van der Waals surface area contributed by atoms with E-state index in [1.54, 1.807) is 17.0 Å². The first-order valence-corrected chi connectivity index (χ1v) is 8.41. The van der Waals surface area contributed by atoms with Crippen LogP contribution >= 0.6 is 0 Å². The minimum atomic E-state index is -0.353. The maximum Gasteiger partial charge on any atom is 0.261 e. The number of hydrogen-bond acceptors (Lipinski definition) is 3. The van der Waals surface area contributed by atoms with Gasteiger partial charge in [0.1, 0.15) is 5.56 Å². The van der Waals surface area contributed by atoms with E-state index in [1.807, 2.05) is 30.3 Å². The lowest BCUT2D eigenvalue weighted by Gasteiger charge is -2.22. The maximum atomic E-state index is 12.7. The quantitative estimate of drug-likeness (QED) is 0.768. The van der Waals surface area contributed by atoms with E-state index >= 15 is 0 Å². The molecule has 2 N–H and O–H groups in total. The lowest BCUT2D eigenvalue weighted by Crippen LogP contribution is -2.37. The van der Waals surface area contributed by atoms with Crippen molar-refractivity contribution < 1.29 is 9.90 Å². The third kappa shape index (κ3) is 3.74. The van der Waals surface area contributed by atoms with E-state index in [0.717, 1.165) is 24.8 Å². The summed E-state index contributed by atoms with van der Waals surface area (Å²) in [5.41, 5.74) is 1.45. The van der Waals surface area contributed by atoms with E-state index in [2.05, 4.69) is 4.98 Å². The molecule has 1 heterocycles. The lowest BCUT2D eigenvalue weighted by molar-refractivity contribution is 0.0735. The number of aromatic nitrogens is 1. The highest BCUT2D eigenvalue weighted by Crippen LogP contribution is 2.28. The molecule has 0 radical (unpaired) electrons. The fourth-order valence-corrected chi connectivity index (χ4v) is 2.81. The zero-order chi connectivity index (χ0) is 16.9. The molecule has 24 heavy (non-hydrogen) atoms. The molecular formula is C19H22N2O3. The third-order valence-corrected chi connectivity index (χ3v) is 4.28. The van der Waals surface area contributed by atoms with Crippen LogP contribution in [0.2, 0.25) is 0 Å². The van der Waals surface area contributed by atoms with Crippen LogP contribution in [0.15, 0.2) is 47.3 Å². The number of amides is 1. The van der Waals surface area contributed by atoms with E-state index in [4.69, 9.17) is 5.11 Å². The molecule has 0 spiro atoms. The fourth-order valence-electron chi connectivity index (χ4n) is 2.81. The van der Waals surface area contributed by atoms with Gasteiger partial charge in [0.2, 0.25) is 0 Å².